The molecule has 1 heterocycles. The summed E-state index contributed by atoms with van der Waals surface area (Å²) in [6.45, 7) is 4.67. The van der Waals surface area contributed by atoms with Crippen LogP contribution < -0.4 is 10.2 Å². The Morgan fingerprint density at radius 2 is 1.88 bits per heavy atom. The van der Waals surface area contributed by atoms with Crippen molar-refractivity contribution in [3.63, 3.8) is 0 Å². The number of anilines is 1. The molecule has 136 valence electrons. The SMILES string of the molecule is Cc1ccc(N2CC(NC(=O)N(C)C3CCCCC3)CC2=O)cc1C. The number of urea groups is 1. The minimum Gasteiger partial charge on any atom is -0.333 e. The molecule has 0 radical (unpaired) electrons. The van der Waals surface area contributed by atoms with E-state index in [-0.39, 0.29) is 18.0 Å². The minimum atomic E-state index is -0.118. The number of hydrogen-bond donors (Lipinski definition) is 1. The highest BCUT2D eigenvalue weighted by molar-refractivity contribution is 5.96. The molecule has 5 nitrogen and oxygen atoms in total. The molecule has 1 saturated heterocycles. The molecule has 0 aromatic heterocycles. The summed E-state index contributed by atoms with van der Waals surface area (Å²) >= 11 is 0. The Hall–Kier alpha value is -2.04. The average molecular weight is 343 g/mol. The number of carbonyl (C=O) groups excluding carboxylic acids is 2. The van der Waals surface area contributed by atoms with Gasteiger partial charge in [-0.25, -0.2) is 4.79 Å². The molecule has 25 heavy (non-hydrogen) atoms. The van der Waals surface area contributed by atoms with Gasteiger partial charge in [-0.1, -0.05) is 25.3 Å². The Labute approximate surface area is 150 Å². The predicted molar refractivity (Wildman–Crippen MR) is 99.8 cm³/mol. The van der Waals surface area contributed by atoms with Crippen LogP contribution in [0.5, 0.6) is 0 Å². The fourth-order valence-corrected chi connectivity index (χ4v) is 3.86. The minimum absolute atomic E-state index is 0.0494. The van der Waals surface area contributed by atoms with E-state index in [1.807, 2.05) is 30.1 Å². The molecule has 1 saturated carbocycles. The lowest BCUT2D eigenvalue weighted by Gasteiger charge is -2.32. The number of carbonyl (C=O) groups is 2. The van der Waals surface area contributed by atoms with Crippen LogP contribution in [0.25, 0.3) is 0 Å². The second kappa shape index (κ2) is 7.46. The molecule has 2 fully saturated rings. The highest BCUT2D eigenvalue weighted by Gasteiger charge is 2.33. The third-order valence-electron chi connectivity index (χ3n) is 5.70. The van der Waals surface area contributed by atoms with E-state index >= 15 is 0 Å². The average Bonchev–Trinajstić information content (AvgIpc) is 2.97. The van der Waals surface area contributed by atoms with E-state index in [4.69, 9.17) is 0 Å². The van der Waals surface area contributed by atoms with Crippen molar-refractivity contribution in [1.29, 1.82) is 0 Å². The summed E-state index contributed by atoms with van der Waals surface area (Å²) in [4.78, 5) is 28.6. The molecule has 2 aliphatic rings. The van der Waals surface area contributed by atoms with Crippen molar-refractivity contribution in [2.75, 3.05) is 18.5 Å². The van der Waals surface area contributed by atoms with Gasteiger partial charge in [-0.15, -0.1) is 0 Å². The fraction of sp³-hybridized carbons (Fsp3) is 0.600. The van der Waals surface area contributed by atoms with Crippen LogP contribution in [0, 0.1) is 13.8 Å². The van der Waals surface area contributed by atoms with Gasteiger partial charge in [0.2, 0.25) is 5.91 Å². The summed E-state index contributed by atoms with van der Waals surface area (Å²) in [5, 5.41) is 3.06. The van der Waals surface area contributed by atoms with Gasteiger partial charge in [-0.3, -0.25) is 4.79 Å². The van der Waals surface area contributed by atoms with E-state index in [1.54, 1.807) is 4.90 Å². The van der Waals surface area contributed by atoms with Crippen molar-refractivity contribution >= 4 is 17.6 Å². The Bertz CT molecular complexity index is 652. The number of amides is 3. The van der Waals surface area contributed by atoms with Gasteiger partial charge in [0.05, 0.1) is 6.04 Å². The molecule has 1 aromatic carbocycles. The number of nitrogens with one attached hydrogen (secondary N) is 1. The van der Waals surface area contributed by atoms with Crippen molar-refractivity contribution in [2.45, 2.75) is 64.5 Å². The second-order valence-corrected chi connectivity index (χ2v) is 7.53. The third-order valence-corrected chi connectivity index (χ3v) is 5.70. The number of aryl methyl sites for hydroxylation is 2. The fourth-order valence-electron chi connectivity index (χ4n) is 3.86. The van der Waals surface area contributed by atoms with Crippen LogP contribution in [0.3, 0.4) is 0 Å². The molecule has 5 heteroatoms. The molecule has 1 N–H and O–H groups in total. The van der Waals surface area contributed by atoms with Crippen molar-refractivity contribution in [3.05, 3.63) is 29.3 Å². The van der Waals surface area contributed by atoms with Crippen LogP contribution >= 0.6 is 0 Å². The molecule has 3 rings (SSSR count). The zero-order chi connectivity index (χ0) is 18.0. The van der Waals surface area contributed by atoms with Crippen molar-refractivity contribution in [2.24, 2.45) is 0 Å². The maximum absolute atomic E-state index is 12.5. The smallest absolute Gasteiger partial charge is 0.317 e. The Kier molecular flexibility index (Phi) is 5.30. The monoisotopic (exact) mass is 343 g/mol. The molecular weight excluding hydrogens is 314 g/mol. The largest absolute Gasteiger partial charge is 0.333 e. The van der Waals surface area contributed by atoms with Gasteiger partial charge in [0, 0.05) is 31.7 Å². The molecule has 3 amide bonds. The first kappa shape index (κ1) is 17.8. The predicted octanol–water partition coefficient (Wildman–Crippen LogP) is 3.38. The molecule has 0 spiro atoms. The number of nitrogens with zero attached hydrogens (tertiary/aromatic N) is 2. The normalized spacial score (nSPS) is 21.5. The lowest BCUT2D eigenvalue weighted by atomic mass is 9.95. The van der Waals surface area contributed by atoms with Crippen LogP contribution in [0.1, 0.15) is 49.7 Å². The standard InChI is InChI=1S/C20H29N3O2/c1-14-9-10-18(11-15(14)2)23-13-16(12-19(23)24)21-20(25)22(3)17-7-5-4-6-8-17/h9-11,16-17H,4-8,12-13H2,1-3H3,(H,21,25). The van der Waals surface area contributed by atoms with Gasteiger partial charge in [0.15, 0.2) is 0 Å². The van der Waals surface area contributed by atoms with Gasteiger partial charge >= 0.3 is 6.03 Å². The lowest BCUT2D eigenvalue weighted by Crippen LogP contribution is -2.48. The molecule has 1 aromatic rings. The summed E-state index contributed by atoms with van der Waals surface area (Å²) in [5.74, 6) is 0.0777. The van der Waals surface area contributed by atoms with Crippen LogP contribution in [0.2, 0.25) is 0 Å². The Morgan fingerprint density at radius 3 is 2.56 bits per heavy atom. The van der Waals surface area contributed by atoms with Crippen molar-refractivity contribution in [3.8, 4) is 0 Å². The number of rotatable bonds is 3. The third kappa shape index (κ3) is 3.97. The van der Waals surface area contributed by atoms with E-state index in [9.17, 15) is 9.59 Å². The van der Waals surface area contributed by atoms with Gasteiger partial charge in [0.1, 0.15) is 0 Å². The zero-order valence-corrected chi connectivity index (χ0v) is 15.5. The zero-order valence-electron chi connectivity index (χ0n) is 15.5. The highest BCUT2D eigenvalue weighted by atomic mass is 16.2. The first-order valence-electron chi connectivity index (χ1n) is 9.36. The molecule has 1 atom stereocenters. The van der Waals surface area contributed by atoms with Crippen LogP contribution in [-0.4, -0.2) is 42.5 Å². The summed E-state index contributed by atoms with van der Waals surface area (Å²) in [6.07, 6.45) is 6.21. The summed E-state index contributed by atoms with van der Waals surface area (Å²) in [5.41, 5.74) is 3.31. The topological polar surface area (TPSA) is 52.7 Å². The van der Waals surface area contributed by atoms with E-state index in [1.165, 1.54) is 30.4 Å². The first-order valence-corrected chi connectivity index (χ1v) is 9.36. The highest BCUT2D eigenvalue weighted by Crippen LogP contribution is 2.25. The van der Waals surface area contributed by atoms with Gasteiger partial charge in [-0.2, -0.15) is 0 Å². The molecule has 0 bridgehead atoms. The van der Waals surface area contributed by atoms with Crippen LogP contribution in [-0.2, 0) is 4.79 Å². The summed E-state index contributed by atoms with van der Waals surface area (Å²) < 4.78 is 0. The molecular formula is C20H29N3O2. The molecule has 1 unspecified atom stereocenters. The van der Waals surface area contributed by atoms with Crippen molar-refractivity contribution in [1.82, 2.24) is 10.2 Å². The molecule has 1 aliphatic heterocycles. The quantitative estimate of drug-likeness (QED) is 0.915. The van der Waals surface area contributed by atoms with E-state index in [2.05, 4.69) is 19.2 Å². The first-order chi connectivity index (χ1) is 12.0. The number of hydrogen-bond acceptors (Lipinski definition) is 2. The van der Waals surface area contributed by atoms with Gasteiger partial charge < -0.3 is 15.1 Å². The van der Waals surface area contributed by atoms with Crippen molar-refractivity contribution < 1.29 is 9.59 Å². The van der Waals surface area contributed by atoms with Crippen LogP contribution in [0.4, 0.5) is 10.5 Å². The van der Waals surface area contributed by atoms with Gasteiger partial charge in [0.25, 0.3) is 0 Å². The van der Waals surface area contributed by atoms with E-state index in [0.29, 0.717) is 19.0 Å². The lowest BCUT2D eigenvalue weighted by molar-refractivity contribution is -0.117. The Morgan fingerprint density at radius 1 is 1.16 bits per heavy atom. The van der Waals surface area contributed by atoms with E-state index < -0.39 is 0 Å². The Balaban J connectivity index is 1.60. The summed E-state index contributed by atoms with van der Waals surface area (Å²) in [6, 6.07) is 6.24. The number of benzene rings is 1. The second-order valence-electron chi connectivity index (χ2n) is 7.53. The van der Waals surface area contributed by atoms with Gasteiger partial charge in [-0.05, 0) is 49.9 Å². The maximum atomic E-state index is 12.5. The maximum Gasteiger partial charge on any atom is 0.317 e. The van der Waals surface area contributed by atoms with Crippen LogP contribution in [0.15, 0.2) is 18.2 Å². The van der Waals surface area contributed by atoms with E-state index in [0.717, 1.165) is 18.5 Å². The summed E-state index contributed by atoms with van der Waals surface area (Å²) in [7, 11) is 1.88. The molecule has 1 aliphatic carbocycles.